The van der Waals surface area contributed by atoms with Gasteiger partial charge in [0, 0.05) is 25.8 Å². The van der Waals surface area contributed by atoms with E-state index >= 15 is 0 Å². The van der Waals surface area contributed by atoms with E-state index in [0.717, 1.165) is 32.0 Å². The molecule has 0 amide bonds. The molecule has 3 heteroatoms. The summed E-state index contributed by atoms with van der Waals surface area (Å²) >= 11 is 0. The first-order valence-corrected chi connectivity index (χ1v) is 8.04. The number of aryl methyl sites for hydroxylation is 1. The van der Waals surface area contributed by atoms with Crippen molar-refractivity contribution in [2.45, 2.75) is 46.5 Å². The molecule has 0 aliphatic carbocycles. The molecule has 1 aromatic heterocycles. The standard InChI is InChI=1S/C17H31N3/c1-5-7-8-9-13-20(15-14-19(4)6-2)17-16(3)11-10-12-18-17/h10-12H,5-9,13-15H2,1-4H3. The van der Waals surface area contributed by atoms with Gasteiger partial charge in [-0.25, -0.2) is 4.98 Å². The van der Waals surface area contributed by atoms with Crippen LogP contribution in [0.1, 0.15) is 45.1 Å². The second-order valence-corrected chi connectivity index (χ2v) is 5.59. The van der Waals surface area contributed by atoms with Gasteiger partial charge < -0.3 is 9.80 Å². The maximum atomic E-state index is 4.59. The second-order valence-electron chi connectivity index (χ2n) is 5.59. The van der Waals surface area contributed by atoms with Crippen LogP contribution in [0.2, 0.25) is 0 Å². The topological polar surface area (TPSA) is 19.4 Å². The first-order chi connectivity index (χ1) is 9.69. The van der Waals surface area contributed by atoms with Crippen molar-refractivity contribution < 1.29 is 0 Å². The lowest BCUT2D eigenvalue weighted by atomic mass is 10.2. The zero-order chi connectivity index (χ0) is 14.8. The molecule has 1 aromatic rings. The van der Waals surface area contributed by atoms with Crippen molar-refractivity contribution in [3.05, 3.63) is 23.9 Å². The molecule has 0 N–H and O–H groups in total. The molecule has 0 aliphatic heterocycles. The van der Waals surface area contributed by atoms with E-state index in [0.29, 0.717) is 0 Å². The maximum absolute atomic E-state index is 4.59. The van der Waals surface area contributed by atoms with Gasteiger partial charge in [-0.2, -0.15) is 0 Å². The molecule has 20 heavy (non-hydrogen) atoms. The van der Waals surface area contributed by atoms with E-state index < -0.39 is 0 Å². The minimum Gasteiger partial charge on any atom is -0.355 e. The molecular formula is C17H31N3. The number of pyridine rings is 1. The highest BCUT2D eigenvalue weighted by Crippen LogP contribution is 2.16. The third-order valence-electron chi connectivity index (χ3n) is 3.85. The molecule has 0 aliphatic rings. The Morgan fingerprint density at radius 2 is 1.85 bits per heavy atom. The third-order valence-corrected chi connectivity index (χ3v) is 3.85. The lowest BCUT2D eigenvalue weighted by Gasteiger charge is -2.27. The quantitative estimate of drug-likeness (QED) is 0.608. The van der Waals surface area contributed by atoms with Crippen LogP contribution < -0.4 is 4.90 Å². The van der Waals surface area contributed by atoms with E-state index in [4.69, 9.17) is 0 Å². The summed E-state index contributed by atoms with van der Waals surface area (Å²) in [6.07, 6.45) is 7.12. The number of hydrogen-bond acceptors (Lipinski definition) is 3. The average molecular weight is 277 g/mol. The number of nitrogens with zero attached hydrogens (tertiary/aromatic N) is 3. The van der Waals surface area contributed by atoms with E-state index in [1.165, 1.54) is 31.2 Å². The highest BCUT2D eigenvalue weighted by atomic mass is 15.2. The molecule has 3 nitrogen and oxygen atoms in total. The number of unbranched alkanes of at least 4 members (excludes halogenated alkanes) is 3. The van der Waals surface area contributed by atoms with Gasteiger partial charge in [-0.05, 0) is 38.6 Å². The molecule has 0 saturated carbocycles. The van der Waals surface area contributed by atoms with Gasteiger partial charge in [0.2, 0.25) is 0 Å². The first kappa shape index (κ1) is 17.0. The van der Waals surface area contributed by atoms with E-state index in [1.807, 2.05) is 12.3 Å². The lowest BCUT2D eigenvalue weighted by Crippen LogP contribution is -2.34. The molecule has 0 bridgehead atoms. The van der Waals surface area contributed by atoms with Crippen LogP contribution in [0.4, 0.5) is 5.82 Å². The van der Waals surface area contributed by atoms with Gasteiger partial charge in [-0.3, -0.25) is 0 Å². The highest BCUT2D eigenvalue weighted by Gasteiger charge is 2.10. The van der Waals surface area contributed by atoms with Crippen LogP contribution in [0, 0.1) is 6.92 Å². The fourth-order valence-electron chi connectivity index (χ4n) is 2.31. The summed E-state index contributed by atoms with van der Waals surface area (Å²) in [5.41, 5.74) is 1.28. The predicted molar refractivity (Wildman–Crippen MR) is 88.5 cm³/mol. The van der Waals surface area contributed by atoms with Gasteiger partial charge in [-0.1, -0.05) is 39.2 Å². The molecule has 0 spiro atoms. The van der Waals surface area contributed by atoms with Gasteiger partial charge in [-0.15, -0.1) is 0 Å². The van der Waals surface area contributed by atoms with Crippen LogP contribution >= 0.6 is 0 Å². The summed E-state index contributed by atoms with van der Waals surface area (Å²) in [6.45, 7) is 11.0. The number of rotatable bonds is 10. The average Bonchev–Trinajstić information content (AvgIpc) is 2.47. The van der Waals surface area contributed by atoms with Gasteiger partial charge in [0.15, 0.2) is 0 Å². The molecule has 1 heterocycles. The molecular weight excluding hydrogens is 246 g/mol. The van der Waals surface area contributed by atoms with Gasteiger partial charge in [0.05, 0.1) is 0 Å². The van der Waals surface area contributed by atoms with Crippen LogP contribution in [0.3, 0.4) is 0 Å². The lowest BCUT2D eigenvalue weighted by molar-refractivity contribution is 0.357. The number of aromatic nitrogens is 1. The van der Waals surface area contributed by atoms with Crippen LogP contribution in [0.25, 0.3) is 0 Å². The highest BCUT2D eigenvalue weighted by molar-refractivity contribution is 5.45. The Kier molecular flexibility index (Phi) is 8.28. The van der Waals surface area contributed by atoms with Gasteiger partial charge in [0.25, 0.3) is 0 Å². The third kappa shape index (κ3) is 5.91. The number of hydrogen-bond donors (Lipinski definition) is 0. The molecule has 0 aromatic carbocycles. The molecule has 0 radical (unpaired) electrons. The molecule has 0 saturated heterocycles. The van der Waals surface area contributed by atoms with Crippen molar-refractivity contribution in [3.8, 4) is 0 Å². The minimum atomic E-state index is 1.06. The fourth-order valence-corrected chi connectivity index (χ4v) is 2.31. The monoisotopic (exact) mass is 277 g/mol. The van der Waals surface area contributed by atoms with Crippen LogP contribution in [-0.2, 0) is 0 Å². The van der Waals surface area contributed by atoms with Crippen molar-refractivity contribution in [1.29, 1.82) is 0 Å². The summed E-state index contributed by atoms with van der Waals surface area (Å²) in [5.74, 6) is 1.16. The zero-order valence-electron chi connectivity index (χ0n) is 13.7. The van der Waals surface area contributed by atoms with E-state index in [1.54, 1.807) is 0 Å². The predicted octanol–water partition coefficient (Wildman–Crippen LogP) is 3.73. The first-order valence-electron chi connectivity index (χ1n) is 8.04. The number of likely N-dealkylation sites (N-methyl/N-ethyl adjacent to an activating group) is 1. The van der Waals surface area contributed by atoms with Crippen molar-refractivity contribution >= 4 is 5.82 Å². The Labute approximate surface area is 125 Å². The van der Waals surface area contributed by atoms with Crippen molar-refractivity contribution in [2.24, 2.45) is 0 Å². The second kappa shape index (κ2) is 9.76. The van der Waals surface area contributed by atoms with Crippen molar-refractivity contribution in [3.63, 3.8) is 0 Å². The summed E-state index contributed by atoms with van der Waals surface area (Å²) < 4.78 is 0. The Bertz CT molecular complexity index is 365. The molecule has 0 fully saturated rings. The Hall–Kier alpha value is -1.09. The largest absolute Gasteiger partial charge is 0.355 e. The molecule has 1 rings (SSSR count). The Morgan fingerprint density at radius 1 is 1.05 bits per heavy atom. The van der Waals surface area contributed by atoms with Gasteiger partial charge >= 0.3 is 0 Å². The smallest absolute Gasteiger partial charge is 0.131 e. The van der Waals surface area contributed by atoms with E-state index in [2.05, 4.69) is 48.7 Å². The van der Waals surface area contributed by atoms with Crippen LogP contribution in [0.5, 0.6) is 0 Å². The molecule has 114 valence electrons. The number of anilines is 1. The summed E-state index contributed by atoms with van der Waals surface area (Å²) in [5, 5.41) is 0. The van der Waals surface area contributed by atoms with Crippen molar-refractivity contribution in [1.82, 2.24) is 9.88 Å². The van der Waals surface area contributed by atoms with Crippen molar-refractivity contribution in [2.75, 3.05) is 38.1 Å². The minimum absolute atomic E-state index is 1.06. The Balaban J connectivity index is 2.61. The van der Waals surface area contributed by atoms with E-state index in [9.17, 15) is 0 Å². The summed E-state index contributed by atoms with van der Waals surface area (Å²) in [6, 6.07) is 4.18. The normalized spacial score (nSPS) is 11.1. The molecule has 0 unspecified atom stereocenters. The summed E-state index contributed by atoms with van der Waals surface area (Å²) in [7, 11) is 2.18. The summed E-state index contributed by atoms with van der Waals surface area (Å²) in [4.78, 5) is 9.40. The molecule has 0 atom stereocenters. The maximum Gasteiger partial charge on any atom is 0.131 e. The van der Waals surface area contributed by atoms with Crippen LogP contribution in [-0.4, -0.2) is 43.1 Å². The zero-order valence-corrected chi connectivity index (χ0v) is 13.7. The SMILES string of the molecule is CCCCCCN(CCN(C)CC)c1ncccc1C. The van der Waals surface area contributed by atoms with Crippen LogP contribution in [0.15, 0.2) is 18.3 Å². The van der Waals surface area contributed by atoms with E-state index in [-0.39, 0.29) is 0 Å². The fraction of sp³-hybridized carbons (Fsp3) is 0.706. The van der Waals surface area contributed by atoms with Gasteiger partial charge in [0.1, 0.15) is 5.82 Å². The Morgan fingerprint density at radius 3 is 2.50 bits per heavy atom.